The lowest BCUT2D eigenvalue weighted by Gasteiger charge is -2.25. The Balaban J connectivity index is 1.63. The SMILES string of the molecule is [C-]#[N+]c1ccc(-n2c(C)c(C(=O)CN3CCCCC3)c3ncc(CC(=O)NCCS(=O)(=O)C=C(C)C)cc32)cc1. The molecular weight excluding hydrogens is 526 g/mol. The number of carbonyl (C=O) groups is 2. The fourth-order valence-corrected chi connectivity index (χ4v) is 6.38. The molecule has 1 fully saturated rings. The number of allylic oxidation sites excluding steroid dienone is 1. The number of ketones is 1. The molecule has 0 saturated carbocycles. The smallest absolute Gasteiger partial charge is 0.224 e. The number of nitrogens with one attached hydrogen (secondary N) is 1. The number of hydrogen-bond acceptors (Lipinski definition) is 6. The van der Waals surface area contributed by atoms with Crippen LogP contribution in [0.4, 0.5) is 5.69 Å². The summed E-state index contributed by atoms with van der Waals surface area (Å²) in [5, 5.41) is 3.89. The number of Topliss-reactive ketones (excluding diaryl/α,β-unsaturated/α-hetero) is 1. The Kier molecular flexibility index (Phi) is 9.17. The van der Waals surface area contributed by atoms with Crippen LogP contribution < -0.4 is 5.32 Å². The highest BCUT2D eigenvalue weighted by Gasteiger charge is 2.25. The number of piperidine rings is 1. The third kappa shape index (κ3) is 7.03. The number of pyridine rings is 1. The van der Waals surface area contributed by atoms with E-state index in [9.17, 15) is 18.0 Å². The van der Waals surface area contributed by atoms with Gasteiger partial charge in [0.05, 0.1) is 41.9 Å². The summed E-state index contributed by atoms with van der Waals surface area (Å²) in [5.41, 5.74) is 5.23. The van der Waals surface area contributed by atoms with E-state index in [1.54, 1.807) is 32.2 Å². The lowest BCUT2D eigenvalue weighted by molar-refractivity contribution is -0.120. The Morgan fingerprint density at radius 2 is 1.82 bits per heavy atom. The highest BCUT2D eigenvalue weighted by Crippen LogP contribution is 2.30. The standard InChI is InChI=1S/C30H35N5O4S/c1-21(2)20-40(38,39)15-12-32-28(37)17-23-16-26-30(33-18-23)29(27(36)19-34-13-6-5-7-14-34)22(3)35(26)25-10-8-24(31-4)9-11-25/h8-11,16,18,20H,5-7,12-15,17,19H2,1-3H3,(H,32,37). The highest BCUT2D eigenvalue weighted by molar-refractivity contribution is 7.94. The Morgan fingerprint density at radius 3 is 2.48 bits per heavy atom. The molecule has 40 heavy (non-hydrogen) atoms. The van der Waals surface area contributed by atoms with E-state index in [-0.39, 0.29) is 30.4 Å². The van der Waals surface area contributed by atoms with Crippen molar-refractivity contribution >= 4 is 38.2 Å². The van der Waals surface area contributed by atoms with Crippen LogP contribution in [0.3, 0.4) is 0 Å². The van der Waals surface area contributed by atoms with Gasteiger partial charge >= 0.3 is 0 Å². The maximum Gasteiger partial charge on any atom is 0.224 e. The molecule has 4 rings (SSSR count). The van der Waals surface area contributed by atoms with Gasteiger partial charge in [-0.1, -0.05) is 24.1 Å². The Hall–Kier alpha value is -3.81. The van der Waals surface area contributed by atoms with Gasteiger partial charge in [-0.3, -0.25) is 19.5 Å². The van der Waals surface area contributed by atoms with E-state index in [1.165, 1.54) is 11.8 Å². The van der Waals surface area contributed by atoms with Crippen molar-refractivity contribution in [2.24, 2.45) is 0 Å². The van der Waals surface area contributed by atoms with Crippen molar-refractivity contribution in [3.63, 3.8) is 0 Å². The summed E-state index contributed by atoms with van der Waals surface area (Å²) in [6, 6.07) is 9.00. The molecule has 0 aliphatic carbocycles. The van der Waals surface area contributed by atoms with Crippen molar-refractivity contribution in [3.8, 4) is 5.69 Å². The van der Waals surface area contributed by atoms with Crippen LogP contribution >= 0.6 is 0 Å². The summed E-state index contributed by atoms with van der Waals surface area (Å²) in [7, 11) is -3.39. The summed E-state index contributed by atoms with van der Waals surface area (Å²) in [6.07, 6.45) is 4.99. The van der Waals surface area contributed by atoms with Crippen molar-refractivity contribution in [2.75, 3.05) is 31.9 Å². The molecule has 1 aliphatic rings. The molecule has 2 aromatic heterocycles. The maximum atomic E-state index is 13.6. The minimum absolute atomic E-state index is 0.0106. The summed E-state index contributed by atoms with van der Waals surface area (Å²) < 4.78 is 26.1. The molecule has 0 radical (unpaired) electrons. The Morgan fingerprint density at radius 1 is 1.12 bits per heavy atom. The molecule has 1 saturated heterocycles. The normalized spacial score (nSPS) is 14.1. The molecule has 0 atom stereocenters. The van der Waals surface area contributed by atoms with Crippen LogP contribution in [0.5, 0.6) is 0 Å². The fraction of sp³-hybridized carbons (Fsp3) is 0.400. The predicted molar refractivity (Wildman–Crippen MR) is 157 cm³/mol. The van der Waals surface area contributed by atoms with Crippen molar-refractivity contribution in [1.82, 2.24) is 19.8 Å². The summed E-state index contributed by atoms with van der Waals surface area (Å²) in [6.45, 7) is 14.7. The van der Waals surface area contributed by atoms with E-state index in [0.717, 1.165) is 37.3 Å². The molecule has 3 aromatic rings. The van der Waals surface area contributed by atoms with E-state index < -0.39 is 9.84 Å². The molecule has 0 spiro atoms. The maximum absolute atomic E-state index is 13.6. The second kappa shape index (κ2) is 12.6. The molecule has 0 bridgehead atoms. The number of hydrogen-bond donors (Lipinski definition) is 1. The molecule has 210 valence electrons. The van der Waals surface area contributed by atoms with Gasteiger partial charge in [0.25, 0.3) is 0 Å². The van der Waals surface area contributed by atoms with Crippen molar-refractivity contribution in [3.05, 3.63) is 75.7 Å². The molecule has 1 amide bonds. The number of rotatable bonds is 10. The molecule has 0 unspecified atom stereocenters. The second-order valence-corrected chi connectivity index (χ2v) is 12.5. The third-order valence-corrected chi connectivity index (χ3v) is 8.52. The van der Waals surface area contributed by atoms with Gasteiger partial charge in [0.1, 0.15) is 0 Å². The van der Waals surface area contributed by atoms with Crippen LogP contribution in [0.2, 0.25) is 0 Å². The number of sulfone groups is 1. The van der Waals surface area contributed by atoms with Crippen LogP contribution in [0.1, 0.15) is 54.7 Å². The van der Waals surface area contributed by atoms with Crippen LogP contribution in [-0.2, 0) is 21.1 Å². The van der Waals surface area contributed by atoms with Crippen molar-refractivity contribution < 1.29 is 18.0 Å². The Bertz CT molecular complexity index is 1590. The van der Waals surface area contributed by atoms with Gasteiger partial charge < -0.3 is 9.88 Å². The molecule has 9 nitrogen and oxygen atoms in total. The largest absolute Gasteiger partial charge is 0.355 e. The first-order valence-corrected chi connectivity index (χ1v) is 15.2. The van der Waals surface area contributed by atoms with Crippen LogP contribution in [0.15, 0.2) is 47.5 Å². The predicted octanol–water partition coefficient (Wildman–Crippen LogP) is 4.55. The lowest BCUT2D eigenvalue weighted by Crippen LogP contribution is -2.34. The van der Waals surface area contributed by atoms with Gasteiger partial charge in [0.15, 0.2) is 21.3 Å². The fourth-order valence-electron chi connectivity index (χ4n) is 5.16. The Labute approximate surface area is 235 Å². The van der Waals surface area contributed by atoms with E-state index in [1.807, 2.05) is 29.7 Å². The monoisotopic (exact) mass is 561 g/mol. The first-order chi connectivity index (χ1) is 19.1. The van der Waals surface area contributed by atoms with Gasteiger partial charge in [-0.25, -0.2) is 13.3 Å². The zero-order valence-electron chi connectivity index (χ0n) is 23.2. The van der Waals surface area contributed by atoms with Crippen LogP contribution in [-0.4, -0.2) is 66.5 Å². The first-order valence-electron chi connectivity index (χ1n) is 13.5. The van der Waals surface area contributed by atoms with Crippen molar-refractivity contribution in [1.29, 1.82) is 0 Å². The summed E-state index contributed by atoms with van der Waals surface area (Å²) in [4.78, 5) is 36.5. The van der Waals surface area contributed by atoms with Gasteiger partial charge in [0.2, 0.25) is 5.91 Å². The van der Waals surface area contributed by atoms with Crippen molar-refractivity contribution in [2.45, 2.75) is 46.5 Å². The number of amides is 1. The molecule has 1 aromatic carbocycles. The number of aromatic nitrogens is 2. The molecule has 3 heterocycles. The van der Waals surface area contributed by atoms with E-state index in [0.29, 0.717) is 40.0 Å². The number of nitrogens with zero attached hydrogens (tertiary/aromatic N) is 4. The minimum atomic E-state index is -3.39. The van der Waals surface area contributed by atoms with Gasteiger partial charge in [0, 0.05) is 29.5 Å². The number of likely N-dealkylation sites (tertiary alicyclic amines) is 1. The number of benzene rings is 1. The minimum Gasteiger partial charge on any atom is -0.355 e. The van der Waals surface area contributed by atoms with Gasteiger partial charge in [-0.05, 0) is 70.5 Å². The van der Waals surface area contributed by atoms with Gasteiger partial charge in [-0.15, -0.1) is 0 Å². The average Bonchev–Trinajstić information content (AvgIpc) is 3.19. The molecule has 10 heteroatoms. The van der Waals surface area contributed by atoms with Crippen LogP contribution in [0, 0.1) is 13.5 Å². The molecule has 1 N–H and O–H groups in total. The number of fused-ring (bicyclic) bond motifs is 1. The van der Waals surface area contributed by atoms with E-state index in [4.69, 9.17) is 6.57 Å². The topological polar surface area (TPSA) is 106 Å². The zero-order valence-corrected chi connectivity index (χ0v) is 24.1. The quantitative estimate of drug-likeness (QED) is 0.288. The molecular formula is C30H35N5O4S. The second-order valence-electron chi connectivity index (χ2n) is 10.5. The zero-order chi connectivity index (χ0) is 28.9. The van der Waals surface area contributed by atoms with E-state index in [2.05, 4.69) is 20.0 Å². The van der Waals surface area contributed by atoms with Crippen LogP contribution in [0.25, 0.3) is 21.6 Å². The first kappa shape index (κ1) is 29.2. The number of carbonyl (C=O) groups excluding carboxylic acids is 2. The lowest BCUT2D eigenvalue weighted by atomic mass is 10.1. The van der Waals surface area contributed by atoms with Gasteiger partial charge in [-0.2, -0.15) is 0 Å². The summed E-state index contributed by atoms with van der Waals surface area (Å²) in [5.74, 6) is -0.477. The van der Waals surface area contributed by atoms with E-state index >= 15 is 0 Å². The summed E-state index contributed by atoms with van der Waals surface area (Å²) >= 11 is 0. The third-order valence-electron chi connectivity index (χ3n) is 6.92. The average molecular weight is 562 g/mol. The highest BCUT2D eigenvalue weighted by atomic mass is 32.2. The molecule has 1 aliphatic heterocycles.